The van der Waals surface area contributed by atoms with E-state index >= 15 is 0 Å². The lowest BCUT2D eigenvalue weighted by atomic mass is 10.1. The van der Waals surface area contributed by atoms with Gasteiger partial charge in [-0.3, -0.25) is 13.9 Å². The molecule has 0 rings (SSSR count). The number of rotatable bonds is 18. The number of esters is 1. The van der Waals surface area contributed by atoms with Gasteiger partial charge >= 0.3 is 26.2 Å². The van der Waals surface area contributed by atoms with E-state index in [1.54, 1.807) is 0 Å². The van der Waals surface area contributed by atoms with Crippen molar-refractivity contribution in [2.75, 3.05) is 0 Å². The van der Waals surface area contributed by atoms with Crippen molar-refractivity contribution >= 4 is 21.2 Å². The van der Waals surface area contributed by atoms with E-state index in [2.05, 4.69) is 23.8 Å². The summed E-state index contributed by atoms with van der Waals surface area (Å²) in [7, 11) is -10.7. The second-order valence-corrected chi connectivity index (χ2v) is 12.1. The van der Waals surface area contributed by atoms with Crippen LogP contribution in [0, 0.1) is 0 Å². The van der Waals surface area contributed by atoms with E-state index in [-0.39, 0.29) is 6.42 Å². The predicted molar refractivity (Wildman–Crippen MR) is 118 cm³/mol. The van der Waals surface area contributed by atoms with Crippen molar-refractivity contribution in [1.82, 2.24) is 0 Å². The molecule has 178 valence electrons. The molecule has 0 aliphatic rings. The van der Waals surface area contributed by atoms with Gasteiger partial charge in [-0.1, -0.05) is 70.4 Å². The van der Waals surface area contributed by atoms with Gasteiger partial charge in [0, 0.05) is 6.42 Å². The summed E-state index contributed by atoms with van der Waals surface area (Å²) >= 11 is 0. The highest BCUT2D eigenvalue weighted by Gasteiger charge is 2.60. The molecule has 0 aromatic rings. The summed E-state index contributed by atoms with van der Waals surface area (Å²) < 4.78 is 27.2. The van der Waals surface area contributed by atoms with Crippen molar-refractivity contribution in [3.63, 3.8) is 0 Å². The number of allylic oxidation sites excluding steroid dienone is 2. The minimum Gasteiger partial charge on any atom is -0.433 e. The number of unbranched alkanes of at least 4 members (excludes halogenated alkanes) is 11. The SMILES string of the molecule is CCCCCCCC/C=C\CCCCCCCC(=O)OC(C)(P(=O)(O)O)P(=O)(O)O. The van der Waals surface area contributed by atoms with Crippen LogP contribution in [0.2, 0.25) is 0 Å². The summed E-state index contributed by atoms with van der Waals surface area (Å²) in [5, 5.41) is -3.14. The Balaban J connectivity index is 3.82. The lowest BCUT2D eigenvalue weighted by Crippen LogP contribution is -2.31. The van der Waals surface area contributed by atoms with Crippen molar-refractivity contribution < 1.29 is 38.2 Å². The quantitative estimate of drug-likeness (QED) is 0.0878. The second-order valence-electron chi connectivity index (χ2n) is 7.83. The number of hydrogen-bond acceptors (Lipinski definition) is 4. The molecule has 0 aromatic carbocycles. The first-order chi connectivity index (χ1) is 14.0. The number of ether oxygens (including phenoxy) is 1. The zero-order valence-corrected chi connectivity index (χ0v) is 20.2. The van der Waals surface area contributed by atoms with Gasteiger partial charge in [0.1, 0.15) is 0 Å². The third kappa shape index (κ3) is 12.4. The van der Waals surface area contributed by atoms with Crippen LogP contribution >= 0.6 is 15.2 Å². The van der Waals surface area contributed by atoms with Crippen LogP contribution in [0.1, 0.15) is 104 Å². The molecular weight excluding hydrogens is 430 g/mol. The van der Waals surface area contributed by atoms with Crippen LogP contribution in [-0.2, 0) is 18.7 Å². The maximum Gasteiger partial charge on any atom is 0.381 e. The van der Waals surface area contributed by atoms with Gasteiger partial charge in [0.25, 0.3) is 0 Å². The molecular formula is C20H40O8P2. The van der Waals surface area contributed by atoms with Crippen LogP contribution in [-0.4, -0.2) is 30.6 Å². The molecule has 0 aliphatic heterocycles. The third-order valence-corrected chi connectivity index (χ3v) is 8.94. The van der Waals surface area contributed by atoms with E-state index in [1.165, 1.54) is 38.5 Å². The molecule has 0 aliphatic carbocycles. The molecule has 4 N–H and O–H groups in total. The topological polar surface area (TPSA) is 141 Å². The number of carbonyl (C=O) groups is 1. The summed E-state index contributed by atoms with van der Waals surface area (Å²) in [6.45, 7) is 2.78. The van der Waals surface area contributed by atoms with Crippen molar-refractivity contribution in [2.45, 2.75) is 109 Å². The van der Waals surface area contributed by atoms with Gasteiger partial charge < -0.3 is 24.3 Å². The van der Waals surface area contributed by atoms with E-state index in [9.17, 15) is 13.9 Å². The molecule has 0 unspecified atom stereocenters. The van der Waals surface area contributed by atoms with Crippen LogP contribution in [0.25, 0.3) is 0 Å². The summed E-state index contributed by atoms with van der Waals surface area (Å²) in [5.74, 6) is -1.03. The Hall–Kier alpha value is -0.490. The van der Waals surface area contributed by atoms with E-state index in [0.29, 0.717) is 13.3 Å². The molecule has 0 radical (unpaired) electrons. The van der Waals surface area contributed by atoms with Crippen LogP contribution in [0.15, 0.2) is 12.2 Å². The number of carbonyl (C=O) groups excluding carboxylic acids is 1. The van der Waals surface area contributed by atoms with Gasteiger partial charge in [-0.2, -0.15) is 0 Å². The van der Waals surface area contributed by atoms with E-state index < -0.39 is 26.2 Å². The smallest absolute Gasteiger partial charge is 0.381 e. The van der Waals surface area contributed by atoms with Gasteiger partial charge in [-0.25, -0.2) is 0 Å². The molecule has 0 atom stereocenters. The van der Waals surface area contributed by atoms with Crippen LogP contribution in [0.5, 0.6) is 0 Å². The second kappa shape index (κ2) is 15.3. The molecule has 0 saturated heterocycles. The van der Waals surface area contributed by atoms with Gasteiger partial charge in [-0.05, 0) is 39.0 Å². The zero-order valence-electron chi connectivity index (χ0n) is 18.4. The van der Waals surface area contributed by atoms with E-state index in [4.69, 9.17) is 19.6 Å². The van der Waals surface area contributed by atoms with Crippen molar-refractivity contribution in [1.29, 1.82) is 0 Å². The molecule has 0 heterocycles. The van der Waals surface area contributed by atoms with E-state index in [1.807, 2.05) is 0 Å². The normalized spacial score (nSPS) is 13.1. The third-order valence-electron chi connectivity index (χ3n) is 5.03. The Morgan fingerprint density at radius 1 is 0.767 bits per heavy atom. The van der Waals surface area contributed by atoms with Crippen molar-refractivity contribution in [2.24, 2.45) is 0 Å². The first kappa shape index (κ1) is 29.5. The van der Waals surface area contributed by atoms with Crippen LogP contribution in [0.3, 0.4) is 0 Å². The Morgan fingerprint density at radius 2 is 1.17 bits per heavy atom. The Kier molecular flexibility index (Phi) is 15.1. The monoisotopic (exact) mass is 470 g/mol. The fourth-order valence-electron chi connectivity index (χ4n) is 2.90. The van der Waals surface area contributed by atoms with Crippen molar-refractivity contribution in [3.8, 4) is 0 Å². The van der Waals surface area contributed by atoms with Gasteiger partial charge in [0.2, 0.25) is 0 Å². The predicted octanol–water partition coefficient (Wildman–Crippen LogP) is 5.60. The molecule has 0 amide bonds. The molecule has 30 heavy (non-hydrogen) atoms. The lowest BCUT2D eigenvalue weighted by Gasteiger charge is -2.30. The Bertz CT molecular complexity index is 572. The highest BCUT2D eigenvalue weighted by atomic mass is 31.2. The Labute approximate surface area is 180 Å². The molecule has 8 nitrogen and oxygen atoms in total. The molecule has 0 spiro atoms. The maximum atomic E-state index is 11.8. The van der Waals surface area contributed by atoms with Gasteiger partial charge in [0.15, 0.2) is 0 Å². The minimum atomic E-state index is -5.35. The van der Waals surface area contributed by atoms with Gasteiger partial charge in [0.05, 0.1) is 0 Å². The Morgan fingerprint density at radius 3 is 1.60 bits per heavy atom. The summed E-state index contributed by atoms with van der Waals surface area (Å²) in [6, 6.07) is 0. The minimum absolute atomic E-state index is 0.145. The average molecular weight is 470 g/mol. The van der Waals surface area contributed by atoms with Crippen LogP contribution in [0.4, 0.5) is 0 Å². The largest absolute Gasteiger partial charge is 0.433 e. The number of hydrogen-bond donors (Lipinski definition) is 4. The summed E-state index contributed by atoms with van der Waals surface area (Å²) in [6.07, 6.45) is 18.5. The zero-order chi connectivity index (χ0) is 23.1. The average Bonchev–Trinajstić information content (AvgIpc) is 2.63. The van der Waals surface area contributed by atoms with Gasteiger partial charge in [-0.15, -0.1) is 0 Å². The fraction of sp³-hybridized carbons (Fsp3) is 0.850. The molecule has 0 saturated carbocycles. The first-order valence-corrected chi connectivity index (χ1v) is 14.2. The molecule has 10 heteroatoms. The van der Waals surface area contributed by atoms with E-state index in [0.717, 1.165) is 38.5 Å². The lowest BCUT2D eigenvalue weighted by molar-refractivity contribution is -0.148. The molecule has 0 fully saturated rings. The summed E-state index contributed by atoms with van der Waals surface area (Å²) in [5.41, 5.74) is 0. The van der Waals surface area contributed by atoms with Crippen LogP contribution < -0.4 is 0 Å². The highest BCUT2D eigenvalue weighted by molar-refractivity contribution is 7.72. The maximum absolute atomic E-state index is 11.8. The first-order valence-electron chi connectivity index (χ1n) is 10.9. The van der Waals surface area contributed by atoms with Crippen molar-refractivity contribution in [3.05, 3.63) is 12.2 Å². The summed E-state index contributed by atoms with van der Waals surface area (Å²) in [4.78, 5) is 48.4. The molecule has 0 aromatic heterocycles. The molecule has 0 bridgehead atoms. The highest BCUT2D eigenvalue weighted by Crippen LogP contribution is 2.69. The standard InChI is InChI=1S/C20H40O8P2/c1-3-4-5-6-7-8-9-10-11-12-13-14-15-16-17-18-19(21)28-20(2,29(22,23)24)30(25,26)27/h10-11H,3-9,12-18H2,1-2H3,(H2,22,23,24)(H2,25,26,27)/b11-10-. The fourth-order valence-corrected chi connectivity index (χ4v) is 4.69.